The van der Waals surface area contributed by atoms with Crippen LogP contribution >= 0.6 is 0 Å². The van der Waals surface area contributed by atoms with Crippen molar-refractivity contribution in [3.8, 4) is 0 Å². The Morgan fingerprint density at radius 1 is 1.32 bits per heavy atom. The second-order valence-electron chi connectivity index (χ2n) is 4.47. The van der Waals surface area contributed by atoms with Crippen LogP contribution in [0.3, 0.4) is 0 Å². The molecule has 8 heteroatoms. The molecule has 0 aromatic heterocycles. The van der Waals surface area contributed by atoms with E-state index in [4.69, 9.17) is 9.84 Å². The van der Waals surface area contributed by atoms with Crippen LogP contribution in [0.4, 0.5) is 0 Å². The van der Waals surface area contributed by atoms with E-state index in [0.29, 0.717) is 6.42 Å². The number of hydrogen-bond donors (Lipinski definition) is 5. The highest BCUT2D eigenvalue weighted by molar-refractivity contribution is 5.69. The molecule has 5 N–H and O–H groups in total. The highest BCUT2D eigenvalue weighted by Crippen LogP contribution is 2.29. The van der Waals surface area contributed by atoms with Crippen LogP contribution in [0.25, 0.3) is 0 Å². The first-order chi connectivity index (χ1) is 8.85. The van der Waals surface area contributed by atoms with Gasteiger partial charge in [-0.05, 0) is 6.42 Å². The van der Waals surface area contributed by atoms with Gasteiger partial charge in [0.1, 0.15) is 18.3 Å². The molecule has 0 saturated carbocycles. The summed E-state index contributed by atoms with van der Waals surface area (Å²) in [5, 5.41) is 47.5. The smallest absolute Gasteiger partial charge is 0.357 e. The van der Waals surface area contributed by atoms with Gasteiger partial charge in [-0.3, -0.25) is 4.79 Å². The number of aliphatic hydroxyl groups excluding tert-OH is 4. The Balaban J connectivity index is 2.74. The van der Waals surface area contributed by atoms with Crippen molar-refractivity contribution in [2.45, 2.75) is 56.6 Å². The van der Waals surface area contributed by atoms with Crippen LogP contribution in [0, 0.1) is 0 Å². The van der Waals surface area contributed by atoms with Gasteiger partial charge >= 0.3 is 11.9 Å². The molecule has 1 fully saturated rings. The minimum absolute atomic E-state index is 0.0112. The molecule has 0 radical (unpaired) electrons. The molecule has 0 aromatic carbocycles. The molecule has 8 nitrogen and oxygen atoms in total. The number of rotatable bonds is 5. The number of esters is 1. The summed E-state index contributed by atoms with van der Waals surface area (Å²) in [5.74, 6) is -3.60. The maximum absolute atomic E-state index is 11.4. The predicted molar refractivity (Wildman–Crippen MR) is 60.5 cm³/mol. The summed E-state index contributed by atoms with van der Waals surface area (Å²) in [5.41, 5.74) is 0. The molecule has 1 heterocycles. The van der Waals surface area contributed by atoms with E-state index >= 15 is 0 Å². The molecule has 0 aromatic rings. The van der Waals surface area contributed by atoms with Gasteiger partial charge in [-0.15, -0.1) is 0 Å². The van der Waals surface area contributed by atoms with E-state index in [1.165, 1.54) is 0 Å². The lowest BCUT2D eigenvalue weighted by atomic mass is 9.98. The van der Waals surface area contributed by atoms with Crippen LogP contribution in [0.5, 0.6) is 0 Å². The molecule has 1 aliphatic rings. The van der Waals surface area contributed by atoms with Gasteiger partial charge in [0, 0.05) is 6.42 Å². The fourth-order valence-electron chi connectivity index (χ4n) is 1.74. The number of carbonyl (C=O) groups excluding carboxylic acids is 1. The van der Waals surface area contributed by atoms with E-state index in [1.807, 2.05) is 6.92 Å². The largest absolute Gasteiger partial charge is 0.406 e. The third kappa shape index (κ3) is 3.62. The number of ether oxygens (including phenoxy) is 2. The number of aliphatic hydroxyl groups is 5. The van der Waals surface area contributed by atoms with E-state index in [0.717, 1.165) is 6.42 Å². The van der Waals surface area contributed by atoms with Gasteiger partial charge in [-0.1, -0.05) is 13.3 Å². The van der Waals surface area contributed by atoms with Crippen LogP contribution in [-0.2, 0) is 14.3 Å². The summed E-state index contributed by atoms with van der Waals surface area (Å²) in [4.78, 5) is 11.4. The average molecular weight is 280 g/mol. The topological polar surface area (TPSA) is 137 Å². The van der Waals surface area contributed by atoms with Crippen LogP contribution in [-0.4, -0.2) is 68.5 Å². The van der Waals surface area contributed by atoms with Crippen LogP contribution in [0.1, 0.15) is 26.2 Å². The fraction of sp³-hybridized carbons (Fsp3) is 0.909. The lowest BCUT2D eigenvalue weighted by Crippen LogP contribution is -2.66. The van der Waals surface area contributed by atoms with Crippen molar-refractivity contribution in [1.29, 1.82) is 0 Å². The predicted octanol–water partition coefficient (Wildman–Crippen LogP) is -2.16. The lowest BCUT2D eigenvalue weighted by Gasteiger charge is -2.43. The minimum atomic E-state index is -2.78. The number of carbonyl (C=O) groups is 1. The van der Waals surface area contributed by atoms with Gasteiger partial charge in [-0.2, -0.15) is 0 Å². The monoisotopic (exact) mass is 280 g/mol. The van der Waals surface area contributed by atoms with Crippen LogP contribution in [0.15, 0.2) is 0 Å². The molecule has 0 bridgehead atoms. The summed E-state index contributed by atoms with van der Waals surface area (Å²) in [6, 6.07) is 0. The highest BCUT2D eigenvalue weighted by Gasteiger charge is 2.55. The number of unbranched alkanes of at least 4 members (excludes halogenated alkanes) is 1. The Hall–Kier alpha value is -0.770. The van der Waals surface area contributed by atoms with Crippen LogP contribution < -0.4 is 0 Å². The zero-order valence-corrected chi connectivity index (χ0v) is 10.6. The quantitative estimate of drug-likeness (QED) is 0.284. The zero-order chi connectivity index (χ0) is 14.6. The summed E-state index contributed by atoms with van der Waals surface area (Å²) < 4.78 is 9.38. The Morgan fingerprint density at radius 2 is 1.95 bits per heavy atom. The van der Waals surface area contributed by atoms with E-state index in [1.54, 1.807) is 0 Å². The van der Waals surface area contributed by atoms with Crippen molar-refractivity contribution in [3.05, 3.63) is 0 Å². The summed E-state index contributed by atoms with van der Waals surface area (Å²) in [7, 11) is 0. The van der Waals surface area contributed by atoms with Gasteiger partial charge in [0.25, 0.3) is 0 Å². The molecule has 0 aliphatic carbocycles. The van der Waals surface area contributed by atoms with Crippen molar-refractivity contribution < 1.29 is 39.8 Å². The van der Waals surface area contributed by atoms with Crippen molar-refractivity contribution in [3.63, 3.8) is 0 Å². The molecule has 1 unspecified atom stereocenters. The van der Waals surface area contributed by atoms with Gasteiger partial charge in [0.15, 0.2) is 6.10 Å². The second-order valence-corrected chi connectivity index (χ2v) is 4.47. The molecule has 5 atom stereocenters. The Kier molecular flexibility index (Phi) is 5.65. The van der Waals surface area contributed by atoms with Gasteiger partial charge in [0.2, 0.25) is 0 Å². The molecule has 112 valence electrons. The van der Waals surface area contributed by atoms with E-state index < -0.39 is 43.0 Å². The molecule has 0 spiro atoms. The van der Waals surface area contributed by atoms with Crippen molar-refractivity contribution in [2.24, 2.45) is 0 Å². The van der Waals surface area contributed by atoms with E-state index in [-0.39, 0.29) is 6.42 Å². The molecule has 19 heavy (non-hydrogen) atoms. The van der Waals surface area contributed by atoms with Crippen molar-refractivity contribution >= 4 is 5.97 Å². The van der Waals surface area contributed by atoms with Gasteiger partial charge in [0.05, 0.1) is 6.61 Å². The minimum Gasteiger partial charge on any atom is -0.406 e. The molecule has 0 amide bonds. The van der Waals surface area contributed by atoms with E-state index in [2.05, 4.69) is 4.74 Å². The maximum Gasteiger partial charge on any atom is 0.357 e. The first kappa shape index (κ1) is 16.3. The average Bonchev–Trinajstić information content (AvgIpc) is 2.38. The normalized spacial score (nSPS) is 39.1. The SMILES string of the molecule is CCCCC(=O)OC1(O)O[C@H](CO)[C@@H](O)[C@H](O)[C@H]1O. The highest BCUT2D eigenvalue weighted by atomic mass is 16.8. The van der Waals surface area contributed by atoms with E-state index in [9.17, 15) is 25.2 Å². The Bertz CT molecular complexity index is 307. The van der Waals surface area contributed by atoms with Crippen molar-refractivity contribution in [2.75, 3.05) is 6.61 Å². The summed E-state index contributed by atoms with van der Waals surface area (Å²) >= 11 is 0. The second kappa shape index (κ2) is 6.60. The van der Waals surface area contributed by atoms with Crippen molar-refractivity contribution in [1.82, 2.24) is 0 Å². The Morgan fingerprint density at radius 3 is 2.47 bits per heavy atom. The van der Waals surface area contributed by atoms with Gasteiger partial charge < -0.3 is 35.0 Å². The Labute approximate surface area is 110 Å². The molecule has 1 aliphatic heterocycles. The molecule has 1 saturated heterocycles. The maximum atomic E-state index is 11.4. The first-order valence-corrected chi connectivity index (χ1v) is 6.12. The standard InChI is InChI=1S/C11H20O8/c1-2-3-4-7(13)19-11(17)10(16)9(15)8(14)6(5-12)18-11/h6,8-10,12,14-17H,2-5H2,1H3/t6-,8-,9+,10-,11?/m1/s1. The summed E-state index contributed by atoms with van der Waals surface area (Å²) in [6.45, 7) is 1.13. The zero-order valence-electron chi connectivity index (χ0n) is 10.6. The van der Waals surface area contributed by atoms with Gasteiger partial charge in [-0.25, -0.2) is 0 Å². The third-order valence-corrected chi connectivity index (χ3v) is 2.92. The lowest BCUT2D eigenvalue weighted by molar-refractivity contribution is -0.434. The fourth-order valence-corrected chi connectivity index (χ4v) is 1.74. The molecular formula is C11H20O8. The summed E-state index contributed by atoms with van der Waals surface area (Å²) in [6.07, 6.45) is -5.54. The number of hydrogen-bond acceptors (Lipinski definition) is 8. The molecular weight excluding hydrogens is 260 g/mol. The first-order valence-electron chi connectivity index (χ1n) is 6.12. The van der Waals surface area contributed by atoms with Crippen LogP contribution in [0.2, 0.25) is 0 Å². The third-order valence-electron chi connectivity index (χ3n) is 2.92. The molecule has 1 rings (SSSR count).